The summed E-state index contributed by atoms with van der Waals surface area (Å²) in [6.07, 6.45) is 3.55. The first-order valence-corrected chi connectivity index (χ1v) is 4.56. The average Bonchev–Trinajstić information content (AvgIpc) is 2.52. The van der Waals surface area contributed by atoms with E-state index in [1.807, 2.05) is 19.2 Å². The van der Waals surface area contributed by atoms with Crippen molar-refractivity contribution in [2.24, 2.45) is 0 Å². The average molecular weight is 239 g/mol. The van der Waals surface area contributed by atoms with Gasteiger partial charge in [-0.2, -0.15) is 5.10 Å². The number of rotatable bonds is 1. The van der Waals surface area contributed by atoms with Gasteiger partial charge in [-0.1, -0.05) is 0 Å². The van der Waals surface area contributed by atoms with Crippen molar-refractivity contribution in [2.75, 3.05) is 0 Å². The summed E-state index contributed by atoms with van der Waals surface area (Å²) in [6.45, 7) is 1.94. The molecule has 0 saturated heterocycles. The predicted molar refractivity (Wildman–Crippen MR) is 51.6 cm³/mol. The molecule has 5 heteroatoms. The second kappa shape index (κ2) is 3.26. The lowest BCUT2D eigenvalue weighted by molar-refractivity contribution is 0.820. The highest BCUT2D eigenvalue weighted by molar-refractivity contribution is 9.10. The molecular weight excluding hydrogens is 232 g/mol. The van der Waals surface area contributed by atoms with E-state index in [1.165, 1.54) is 0 Å². The third-order valence-corrected chi connectivity index (χ3v) is 1.95. The van der Waals surface area contributed by atoms with Gasteiger partial charge < -0.3 is 0 Å². The van der Waals surface area contributed by atoms with Crippen molar-refractivity contribution in [3.63, 3.8) is 0 Å². The highest BCUT2D eigenvalue weighted by atomic mass is 79.9. The summed E-state index contributed by atoms with van der Waals surface area (Å²) in [5.41, 5.74) is 0.967. The first-order chi connectivity index (χ1) is 6.25. The van der Waals surface area contributed by atoms with Crippen LogP contribution in [0.5, 0.6) is 0 Å². The van der Waals surface area contributed by atoms with E-state index in [2.05, 4.69) is 31.0 Å². The molecule has 0 aromatic carbocycles. The number of aromatic nitrogens is 4. The molecule has 2 rings (SSSR count). The van der Waals surface area contributed by atoms with Crippen LogP contribution >= 0.6 is 15.9 Å². The molecule has 0 amide bonds. The smallest absolute Gasteiger partial charge is 0.198 e. The zero-order valence-electron chi connectivity index (χ0n) is 6.98. The predicted octanol–water partition coefficient (Wildman–Crippen LogP) is 1.73. The second-order valence-corrected chi connectivity index (χ2v) is 3.29. The zero-order valence-corrected chi connectivity index (χ0v) is 8.56. The van der Waals surface area contributed by atoms with Crippen LogP contribution in [0.4, 0.5) is 0 Å². The Bertz CT molecular complexity index is 424. The van der Waals surface area contributed by atoms with Gasteiger partial charge in [0.05, 0.1) is 5.69 Å². The Hall–Kier alpha value is -1.23. The summed E-state index contributed by atoms with van der Waals surface area (Å²) in [6, 6.07) is 3.73. The van der Waals surface area contributed by atoms with Gasteiger partial charge in [0, 0.05) is 18.5 Å². The lowest BCUT2D eigenvalue weighted by Crippen LogP contribution is -1.99. The summed E-state index contributed by atoms with van der Waals surface area (Å²) < 4.78 is 2.28. The Kier molecular flexibility index (Phi) is 2.10. The molecule has 0 N–H and O–H groups in total. The van der Waals surface area contributed by atoms with E-state index in [9.17, 15) is 0 Å². The number of hydrogen-bond acceptors (Lipinski definition) is 3. The quantitative estimate of drug-likeness (QED) is 0.712. The second-order valence-electron chi connectivity index (χ2n) is 2.59. The van der Waals surface area contributed by atoms with Gasteiger partial charge in [-0.3, -0.25) is 0 Å². The van der Waals surface area contributed by atoms with Crippen LogP contribution in [0.1, 0.15) is 5.69 Å². The molecule has 0 bridgehead atoms. The van der Waals surface area contributed by atoms with Gasteiger partial charge in [0.25, 0.3) is 0 Å². The fourth-order valence-electron chi connectivity index (χ4n) is 0.996. The molecule has 13 heavy (non-hydrogen) atoms. The van der Waals surface area contributed by atoms with E-state index in [-0.39, 0.29) is 0 Å². The Morgan fingerprint density at radius 2 is 2.23 bits per heavy atom. The SMILES string of the molecule is Cc1ccn(-c2ccnc(Br)n2)n1. The van der Waals surface area contributed by atoms with Gasteiger partial charge in [-0.05, 0) is 28.9 Å². The molecule has 2 aromatic rings. The topological polar surface area (TPSA) is 43.6 Å². The number of hydrogen-bond donors (Lipinski definition) is 0. The Morgan fingerprint density at radius 1 is 1.38 bits per heavy atom. The molecule has 0 radical (unpaired) electrons. The number of halogens is 1. The third-order valence-electron chi connectivity index (χ3n) is 1.57. The van der Waals surface area contributed by atoms with E-state index >= 15 is 0 Å². The van der Waals surface area contributed by atoms with Crippen LogP contribution in [0.2, 0.25) is 0 Å². The van der Waals surface area contributed by atoms with Crippen LogP contribution in [0.3, 0.4) is 0 Å². The summed E-state index contributed by atoms with van der Waals surface area (Å²) in [4.78, 5) is 8.10. The van der Waals surface area contributed by atoms with Crippen molar-refractivity contribution in [3.8, 4) is 5.82 Å². The van der Waals surface area contributed by atoms with Crippen LogP contribution in [0.25, 0.3) is 5.82 Å². The van der Waals surface area contributed by atoms with Crippen LogP contribution < -0.4 is 0 Å². The van der Waals surface area contributed by atoms with Crippen LogP contribution in [-0.4, -0.2) is 19.7 Å². The maximum absolute atomic E-state index is 4.23. The summed E-state index contributed by atoms with van der Waals surface area (Å²) in [5, 5.41) is 4.23. The largest absolute Gasteiger partial charge is 0.231 e. The molecule has 0 aliphatic rings. The minimum atomic E-state index is 0.568. The molecule has 0 aliphatic heterocycles. The minimum Gasteiger partial charge on any atom is -0.231 e. The fraction of sp³-hybridized carbons (Fsp3) is 0.125. The fourth-order valence-corrected chi connectivity index (χ4v) is 1.30. The molecule has 0 unspecified atom stereocenters. The standard InChI is InChI=1S/C8H7BrN4/c1-6-3-5-13(12-6)7-2-4-10-8(9)11-7/h2-5H,1H3. The lowest BCUT2D eigenvalue weighted by atomic mass is 10.5. The lowest BCUT2D eigenvalue weighted by Gasteiger charge is -1.98. The summed E-state index contributed by atoms with van der Waals surface area (Å²) >= 11 is 3.20. The Labute approximate surface area is 83.8 Å². The molecular formula is C8H7BrN4. The van der Waals surface area contributed by atoms with E-state index < -0.39 is 0 Å². The molecule has 0 aliphatic carbocycles. The van der Waals surface area contributed by atoms with Crippen LogP contribution in [-0.2, 0) is 0 Å². The van der Waals surface area contributed by atoms with Crippen LogP contribution in [0, 0.1) is 6.92 Å². The molecule has 2 aromatic heterocycles. The molecule has 0 saturated carbocycles. The number of aryl methyl sites for hydroxylation is 1. The first-order valence-electron chi connectivity index (χ1n) is 3.77. The van der Waals surface area contributed by atoms with E-state index in [0.717, 1.165) is 11.5 Å². The monoisotopic (exact) mass is 238 g/mol. The van der Waals surface area contributed by atoms with Crippen molar-refractivity contribution in [1.82, 2.24) is 19.7 Å². The number of nitrogens with zero attached hydrogens (tertiary/aromatic N) is 4. The Balaban J connectivity index is 2.46. The van der Waals surface area contributed by atoms with Crippen molar-refractivity contribution < 1.29 is 0 Å². The van der Waals surface area contributed by atoms with Gasteiger partial charge in [0.15, 0.2) is 10.6 Å². The third kappa shape index (κ3) is 1.75. The minimum absolute atomic E-state index is 0.568. The van der Waals surface area contributed by atoms with Gasteiger partial charge in [0.2, 0.25) is 0 Å². The van der Waals surface area contributed by atoms with Crippen molar-refractivity contribution in [1.29, 1.82) is 0 Å². The van der Waals surface area contributed by atoms with E-state index in [4.69, 9.17) is 0 Å². The molecule has 0 spiro atoms. The van der Waals surface area contributed by atoms with E-state index in [1.54, 1.807) is 16.9 Å². The van der Waals surface area contributed by atoms with Gasteiger partial charge in [-0.25, -0.2) is 14.6 Å². The summed E-state index contributed by atoms with van der Waals surface area (Å²) in [7, 11) is 0. The van der Waals surface area contributed by atoms with Crippen molar-refractivity contribution in [3.05, 3.63) is 35.0 Å². The van der Waals surface area contributed by atoms with Crippen molar-refractivity contribution in [2.45, 2.75) is 6.92 Å². The summed E-state index contributed by atoms with van der Waals surface area (Å²) in [5.74, 6) is 0.759. The Morgan fingerprint density at radius 3 is 2.85 bits per heavy atom. The molecule has 0 fully saturated rings. The molecule has 66 valence electrons. The maximum Gasteiger partial charge on any atom is 0.198 e. The first kappa shape index (κ1) is 8.37. The van der Waals surface area contributed by atoms with Gasteiger partial charge in [0.1, 0.15) is 0 Å². The highest BCUT2D eigenvalue weighted by Crippen LogP contribution is 2.06. The zero-order chi connectivity index (χ0) is 9.26. The highest BCUT2D eigenvalue weighted by Gasteiger charge is 1.99. The molecule has 2 heterocycles. The van der Waals surface area contributed by atoms with Crippen LogP contribution in [0.15, 0.2) is 29.3 Å². The van der Waals surface area contributed by atoms with Gasteiger partial charge >= 0.3 is 0 Å². The van der Waals surface area contributed by atoms with Gasteiger partial charge in [-0.15, -0.1) is 0 Å². The maximum atomic E-state index is 4.23. The van der Waals surface area contributed by atoms with Crippen molar-refractivity contribution >= 4 is 15.9 Å². The molecule has 0 atom stereocenters. The normalized spacial score (nSPS) is 10.3. The molecule has 4 nitrogen and oxygen atoms in total. The van der Waals surface area contributed by atoms with E-state index in [0.29, 0.717) is 4.73 Å².